The first-order chi connectivity index (χ1) is 18.1. The molecule has 15 heteroatoms. The van der Waals surface area contributed by atoms with Crippen LogP contribution in [-0.4, -0.2) is 39.6 Å². The van der Waals surface area contributed by atoms with E-state index in [1.807, 2.05) is 0 Å². The second-order valence-corrected chi connectivity index (χ2v) is 8.09. The Morgan fingerprint density at radius 3 is 2.50 bits per heavy atom. The Bertz CT molecular complexity index is 1700. The van der Waals surface area contributed by atoms with Gasteiger partial charge in [-0.25, -0.2) is 32.9 Å². The second-order valence-electron chi connectivity index (χ2n) is 8.09. The summed E-state index contributed by atoms with van der Waals surface area (Å²) >= 11 is 0. The van der Waals surface area contributed by atoms with Crippen molar-refractivity contribution in [3.63, 3.8) is 0 Å². The van der Waals surface area contributed by atoms with Crippen molar-refractivity contribution in [2.45, 2.75) is 25.4 Å². The number of aromatic nitrogens is 8. The molecule has 0 aliphatic carbocycles. The van der Waals surface area contributed by atoms with E-state index in [4.69, 9.17) is 5.73 Å². The Morgan fingerprint density at radius 2 is 1.87 bits per heavy atom. The van der Waals surface area contributed by atoms with Crippen molar-refractivity contribution >= 4 is 11.3 Å². The molecule has 0 fully saturated rings. The van der Waals surface area contributed by atoms with E-state index in [2.05, 4.69) is 36.4 Å². The first kappa shape index (κ1) is 24.7. The molecule has 0 saturated carbocycles. The molecular weight excluding hydrogens is 511 g/mol. The number of alkyl halides is 3. The molecule has 0 aliphatic rings. The maximum absolute atomic E-state index is 14.3. The van der Waals surface area contributed by atoms with Gasteiger partial charge in [-0.3, -0.25) is 0 Å². The van der Waals surface area contributed by atoms with E-state index < -0.39 is 29.6 Å². The SMILES string of the molecule is CC[C@H](c1cn(-c2ccc(F)cc2F)nn1)c1c(C#N)c(-c2cnc(C(F)(F)F)nc2)c2c(N)ncnn12. The molecule has 0 radical (unpaired) electrons. The lowest BCUT2D eigenvalue weighted by Crippen LogP contribution is -2.10. The lowest BCUT2D eigenvalue weighted by Gasteiger charge is -2.12. The molecular formula is C23H15F5N10. The van der Waals surface area contributed by atoms with Crippen LogP contribution < -0.4 is 5.73 Å². The topological polar surface area (TPSA) is 136 Å². The zero-order chi connectivity index (χ0) is 27.2. The van der Waals surface area contributed by atoms with Gasteiger partial charge in [-0.1, -0.05) is 12.1 Å². The van der Waals surface area contributed by atoms with Gasteiger partial charge in [0.2, 0.25) is 5.82 Å². The Morgan fingerprint density at radius 1 is 1.13 bits per heavy atom. The van der Waals surface area contributed by atoms with Crippen molar-refractivity contribution in [3.05, 3.63) is 77.5 Å². The molecule has 0 aliphatic heterocycles. The van der Waals surface area contributed by atoms with Crippen molar-refractivity contribution in [1.29, 1.82) is 5.26 Å². The van der Waals surface area contributed by atoms with Gasteiger partial charge in [-0.15, -0.1) is 5.10 Å². The maximum atomic E-state index is 14.3. The highest BCUT2D eigenvalue weighted by Gasteiger charge is 2.35. The van der Waals surface area contributed by atoms with Gasteiger partial charge in [0, 0.05) is 35.5 Å². The summed E-state index contributed by atoms with van der Waals surface area (Å²) in [5, 5.41) is 22.5. The van der Waals surface area contributed by atoms with Crippen molar-refractivity contribution in [3.8, 4) is 22.9 Å². The van der Waals surface area contributed by atoms with Crippen LogP contribution in [0.25, 0.3) is 22.3 Å². The summed E-state index contributed by atoms with van der Waals surface area (Å²) in [5.74, 6) is -3.64. The molecule has 0 bridgehead atoms. The van der Waals surface area contributed by atoms with Crippen LogP contribution in [0.15, 0.2) is 43.1 Å². The van der Waals surface area contributed by atoms with Gasteiger partial charge >= 0.3 is 6.18 Å². The Kier molecular flexibility index (Phi) is 5.94. The zero-order valence-corrected chi connectivity index (χ0v) is 19.3. The smallest absolute Gasteiger partial charge is 0.382 e. The lowest BCUT2D eigenvalue weighted by atomic mass is 9.93. The van der Waals surface area contributed by atoms with Crippen molar-refractivity contribution in [1.82, 2.24) is 39.6 Å². The van der Waals surface area contributed by atoms with Gasteiger partial charge in [0.25, 0.3) is 0 Å². The van der Waals surface area contributed by atoms with Crippen molar-refractivity contribution < 1.29 is 22.0 Å². The van der Waals surface area contributed by atoms with Crippen molar-refractivity contribution in [2.24, 2.45) is 0 Å². The third-order valence-electron chi connectivity index (χ3n) is 5.86. The zero-order valence-electron chi connectivity index (χ0n) is 19.3. The average Bonchev–Trinajstić information content (AvgIpc) is 3.48. The van der Waals surface area contributed by atoms with E-state index in [0.717, 1.165) is 29.5 Å². The molecule has 38 heavy (non-hydrogen) atoms. The number of benzene rings is 1. The standard InChI is InChI=1S/C23H15F5N10/c1-2-13(16-9-37(36-35-16)17-4-3-12(24)5-15(17)25)19-14(6-29)18(20-21(30)33-10-34-38(19)20)11-7-31-22(32-8-11)23(26,27)28/h3-5,7-10,13H,2H2,1H3,(H2,30,33,34)/t13-/m1/s1. The second kappa shape index (κ2) is 9.14. The number of fused-ring (bicyclic) bond motifs is 1. The molecule has 0 spiro atoms. The summed E-state index contributed by atoms with van der Waals surface area (Å²) in [6.07, 6.45) is 0.0790. The molecule has 5 rings (SSSR count). The molecule has 4 aromatic heterocycles. The van der Waals surface area contributed by atoms with Crippen LogP contribution in [0.2, 0.25) is 0 Å². The summed E-state index contributed by atoms with van der Waals surface area (Å²) in [4.78, 5) is 10.8. The van der Waals surface area contributed by atoms with E-state index in [9.17, 15) is 27.2 Å². The highest BCUT2D eigenvalue weighted by atomic mass is 19.4. The van der Waals surface area contributed by atoms with Gasteiger partial charge in [-0.05, 0) is 18.6 Å². The fourth-order valence-electron chi connectivity index (χ4n) is 4.22. The molecule has 192 valence electrons. The highest BCUT2D eigenvalue weighted by molar-refractivity contribution is 5.92. The van der Waals surface area contributed by atoms with Gasteiger partial charge in [0.15, 0.2) is 11.6 Å². The van der Waals surface area contributed by atoms with E-state index in [1.54, 1.807) is 6.92 Å². The lowest BCUT2D eigenvalue weighted by molar-refractivity contribution is -0.144. The number of nitrogens with zero attached hydrogens (tertiary/aromatic N) is 9. The first-order valence-corrected chi connectivity index (χ1v) is 11.0. The van der Waals surface area contributed by atoms with Crippen LogP contribution in [0.1, 0.15) is 42.0 Å². The molecule has 0 amide bonds. The Labute approximate surface area is 210 Å². The molecule has 1 aromatic carbocycles. The normalized spacial score (nSPS) is 12.6. The molecule has 0 saturated heterocycles. The third-order valence-corrected chi connectivity index (χ3v) is 5.86. The number of halogens is 5. The summed E-state index contributed by atoms with van der Waals surface area (Å²) in [6, 6.07) is 5.07. The van der Waals surface area contributed by atoms with Gasteiger partial charge in [-0.2, -0.15) is 23.5 Å². The van der Waals surface area contributed by atoms with Crippen LogP contribution in [0.5, 0.6) is 0 Å². The van der Waals surface area contributed by atoms with Crippen LogP contribution in [0, 0.1) is 23.0 Å². The number of anilines is 1. The van der Waals surface area contributed by atoms with Crippen LogP contribution in [0.3, 0.4) is 0 Å². The predicted octanol–water partition coefficient (Wildman–Crippen LogP) is 4.06. The van der Waals surface area contributed by atoms with E-state index in [-0.39, 0.29) is 33.7 Å². The maximum Gasteiger partial charge on any atom is 0.451 e. The Hall–Kier alpha value is -5.00. The number of nitrogens with two attached hydrogens (primary N) is 1. The van der Waals surface area contributed by atoms with E-state index in [1.165, 1.54) is 16.8 Å². The number of nitriles is 1. The van der Waals surface area contributed by atoms with Crippen LogP contribution in [0.4, 0.5) is 27.8 Å². The van der Waals surface area contributed by atoms with Crippen molar-refractivity contribution in [2.75, 3.05) is 5.73 Å². The van der Waals surface area contributed by atoms with Crippen LogP contribution >= 0.6 is 0 Å². The minimum Gasteiger partial charge on any atom is -0.382 e. The molecule has 1 atom stereocenters. The molecule has 2 N–H and O–H groups in total. The molecule has 5 aromatic rings. The van der Waals surface area contributed by atoms with E-state index in [0.29, 0.717) is 23.9 Å². The number of hydrogen-bond acceptors (Lipinski definition) is 8. The first-order valence-electron chi connectivity index (χ1n) is 11.0. The fraction of sp³-hybridized carbons (Fsp3) is 0.174. The molecule has 0 unspecified atom stereocenters. The fourth-order valence-corrected chi connectivity index (χ4v) is 4.22. The largest absolute Gasteiger partial charge is 0.451 e. The summed E-state index contributed by atoms with van der Waals surface area (Å²) < 4.78 is 69.2. The molecule has 4 heterocycles. The van der Waals surface area contributed by atoms with Gasteiger partial charge in [0.05, 0.1) is 23.1 Å². The van der Waals surface area contributed by atoms with Gasteiger partial charge < -0.3 is 5.73 Å². The summed E-state index contributed by atoms with van der Waals surface area (Å²) in [6.45, 7) is 1.80. The molecule has 10 nitrogen and oxygen atoms in total. The Balaban J connectivity index is 1.70. The number of hydrogen-bond donors (Lipinski definition) is 1. The number of nitrogen functional groups attached to an aromatic ring is 1. The quantitative estimate of drug-likeness (QED) is 0.339. The summed E-state index contributed by atoms with van der Waals surface area (Å²) in [5.41, 5.74) is 7.13. The van der Waals surface area contributed by atoms with Gasteiger partial charge in [0.1, 0.15) is 29.4 Å². The monoisotopic (exact) mass is 526 g/mol. The average molecular weight is 526 g/mol. The predicted molar refractivity (Wildman–Crippen MR) is 122 cm³/mol. The number of rotatable bonds is 5. The minimum absolute atomic E-state index is 0.0370. The van der Waals surface area contributed by atoms with E-state index >= 15 is 0 Å². The minimum atomic E-state index is -4.75. The summed E-state index contributed by atoms with van der Waals surface area (Å²) in [7, 11) is 0. The van der Waals surface area contributed by atoms with Crippen LogP contribution in [-0.2, 0) is 6.18 Å². The highest BCUT2D eigenvalue weighted by Crippen LogP contribution is 2.40. The third kappa shape index (κ3) is 4.05.